The monoisotopic (exact) mass is 370 g/mol. The highest BCUT2D eigenvalue weighted by Gasteiger charge is 2.12. The molecule has 0 aliphatic heterocycles. The predicted octanol–water partition coefficient (Wildman–Crippen LogP) is 0.885. The van der Waals surface area contributed by atoms with Crippen molar-refractivity contribution < 1.29 is 28.6 Å². The minimum Gasteiger partial charge on any atom is -0.545 e. The predicted molar refractivity (Wildman–Crippen MR) is 86.4 cm³/mol. The molecule has 0 aliphatic carbocycles. The molecule has 26 heavy (non-hydrogen) atoms. The molecule has 0 saturated heterocycles. The quantitative estimate of drug-likeness (QED) is 0.458. The third-order valence-electron chi connectivity index (χ3n) is 3.22. The van der Waals surface area contributed by atoms with Gasteiger partial charge < -0.3 is 28.6 Å². The maximum atomic E-state index is 11.3. The van der Waals surface area contributed by atoms with Crippen molar-refractivity contribution in [2.45, 2.75) is 12.1 Å². The molecule has 0 fully saturated rings. The summed E-state index contributed by atoms with van der Waals surface area (Å²) in [7, 11) is 0. The highest BCUT2D eigenvalue weighted by atomic mass is 32.2. The van der Waals surface area contributed by atoms with Gasteiger partial charge in [0.2, 0.25) is 5.89 Å². The zero-order chi connectivity index (χ0) is 18.7. The summed E-state index contributed by atoms with van der Waals surface area (Å²) in [4.78, 5) is 22.3. The first-order chi connectivity index (χ1) is 12.4. The zero-order valence-electron chi connectivity index (χ0n) is 13.3. The summed E-state index contributed by atoms with van der Waals surface area (Å²) in [6.07, 6.45) is 1.23. The molecule has 8 nitrogen and oxygen atoms in total. The fourth-order valence-electron chi connectivity index (χ4n) is 2.12. The van der Waals surface area contributed by atoms with Crippen LogP contribution < -0.4 is 10.2 Å². The van der Waals surface area contributed by atoms with Crippen LogP contribution in [0.5, 0.6) is 0 Å². The van der Waals surface area contributed by atoms with Crippen molar-refractivity contribution in [2.24, 2.45) is 0 Å². The Labute approximate surface area is 151 Å². The van der Waals surface area contributed by atoms with Crippen molar-refractivity contribution in [1.82, 2.24) is 10.2 Å². The lowest BCUT2D eigenvalue weighted by Gasteiger charge is -2.07. The maximum absolute atomic E-state index is 11.3. The van der Waals surface area contributed by atoms with Crippen molar-refractivity contribution in [1.29, 1.82) is 0 Å². The Hall–Kier alpha value is -3.33. The second-order valence-corrected chi connectivity index (χ2v) is 6.01. The molecule has 0 radical (unpaired) electrons. The van der Waals surface area contributed by atoms with Gasteiger partial charge in [0.25, 0.3) is 5.22 Å². The van der Waals surface area contributed by atoms with E-state index < -0.39 is 11.9 Å². The fraction of sp³-hybridized carbons (Fsp3) is 0.0588. The van der Waals surface area contributed by atoms with Crippen molar-refractivity contribution >= 4 is 29.8 Å². The summed E-state index contributed by atoms with van der Waals surface area (Å²) in [5.41, 5.74) is 0.288. The van der Waals surface area contributed by atoms with Gasteiger partial charge in [0, 0.05) is 23.0 Å². The number of carbonyl (C=O) groups is 2. The SMILES string of the molecule is Cc1nnc(S/C(=C/c2ccc(-c3ccccc3C(=O)[O-])o2)C(=O)[O-])o1. The van der Waals surface area contributed by atoms with Gasteiger partial charge in [0.1, 0.15) is 11.5 Å². The van der Waals surface area contributed by atoms with E-state index in [4.69, 9.17) is 8.83 Å². The highest BCUT2D eigenvalue weighted by molar-refractivity contribution is 8.03. The van der Waals surface area contributed by atoms with Crippen LogP contribution in [0.3, 0.4) is 0 Å². The van der Waals surface area contributed by atoms with Gasteiger partial charge in [-0.05, 0) is 30.0 Å². The van der Waals surface area contributed by atoms with Gasteiger partial charge in [-0.25, -0.2) is 0 Å². The number of aromatic carboxylic acids is 1. The van der Waals surface area contributed by atoms with Crippen LogP contribution in [0.25, 0.3) is 17.4 Å². The van der Waals surface area contributed by atoms with E-state index in [2.05, 4.69) is 10.2 Å². The molecule has 3 rings (SSSR count). The highest BCUT2D eigenvalue weighted by Crippen LogP contribution is 2.30. The van der Waals surface area contributed by atoms with Gasteiger partial charge in [0.15, 0.2) is 0 Å². The first-order valence-corrected chi connectivity index (χ1v) is 8.07. The molecule has 9 heteroatoms. The molecular formula is C17H10N2O6S-2. The first-order valence-electron chi connectivity index (χ1n) is 7.25. The average Bonchev–Trinajstić information content (AvgIpc) is 3.23. The number of benzene rings is 1. The lowest BCUT2D eigenvalue weighted by Crippen LogP contribution is -2.23. The number of aromatic nitrogens is 2. The van der Waals surface area contributed by atoms with Gasteiger partial charge in [-0.15, -0.1) is 10.2 Å². The van der Waals surface area contributed by atoms with E-state index in [9.17, 15) is 19.8 Å². The van der Waals surface area contributed by atoms with Crippen LogP contribution in [0.2, 0.25) is 0 Å². The topological polar surface area (TPSA) is 132 Å². The number of carboxylic acid groups (broad SMARTS) is 2. The molecule has 0 saturated carbocycles. The van der Waals surface area contributed by atoms with Crippen LogP contribution >= 0.6 is 11.8 Å². The van der Waals surface area contributed by atoms with E-state index in [1.54, 1.807) is 25.1 Å². The van der Waals surface area contributed by atoms with E-state index in [1.165, 1.54) is 24.3 Å². The largest absolute Gasteiger partial charge is 0.545 e. The Morgan fingerprint density at radius 1 is 1.08 bits per heavy atom. The van der Waals surface area contributed by atoms with Crippen LogP contribution in [-0.4, -0.2) is 22.1 Å². The first kappa shape index (κ1) is 17.5. The van der Waals surface area contributed by atoms with Crippen LogP contribution in [0.15, 0.2) is 55.4 Å². The number of carboxylic acids is 2. The number of thioether (sulfide) groups is 1. The molecule has 0 amide bonds. The number of aliphatic carboxylic acids is 1. The van der Waals surface area contributed by atoms with Crippen molar-refractivity contribution in [2.75, 3.05) is 0 Å². The van der Waals surface area contributed by atoms with Crippen LogP contribution in [-0.2, 0) is 4.79 Å². The van der Waals surface area contributed by atoms with E-state index in [0.717, 1.165) is 11.8 Å². The summed E-state index contributed by atoms with van der Waals surface area (Å²) in [5.74, 6) is -2.04. The van der Waals surface area contributed by atoms with Gasteiger partial charge in [-0.3, -0.25) is 0 Å². The van der Waals surface area contributed by atoms with Crippen LogP contribution in [0, 0.1) is 6.92 Å². The number of rotatable bonds is 6. The number of carbonyl (C=O) groups excluding carboxylic acids is 2. The molecule has 0 aliphatic rings. The number of hydrogen-bond acceptors (Lipinski definition) is 9. The van der Waals surface area contributed by atoms with Crippen LogP contribution in [0.4, 0.5) is 0 Å². The van der Waals surface area contributed by atoms with Gasteiger partial charge >= 0.3 is 0 Å². The molecule has 2 heterocycles. The normalized spacial score (nSPS) is 11.5. The summed E-state index contributed by atoms with van der Waals surface area (Å²) in [5, 5.41) is 29.9. The summed E-state index contributed by atoms with van der Waals surface area (Å²) in [6.45, 7) is 1.58. The molecule has 0 N–H and O–H groups in total. The standard InChI is InChI=1S/C17H12N2O6S/c1-9-18-19-17(24-9)26-14(16(22)23)8-10-6-7-13(25-10)11-4-2-3-5-12(11)15(20)21/h2-8H,1H3,(H,20,21)(H,22,23)/p-2/b14-8+. The molecule has 0 bridgehead atoms. The van der Waals surface area contributed by atoms with Gasteiger partial charge in [-0.1, -0.05) is 24.3 Å². The lowest BCUT2D eigenvalue weighted by atomic mass is 10.1. The Morgan fingerprint density at radius 2 is 1.85 bits per heavy atom. The lowest BCUT2D eigenvalue weighted by molar-refractivity contribution is -0.298. The third-order valence-corrected chi connectivity index (χ3v) is 4.06. The fourth-order valence-corrected chi connectivity index (χ4v) is 2.81. The summed E-state index contributed by atoms with van der Waals surface area (Å²) < 4.78 is 10.7. The maximum Gasteiger partial charge on any atom is 0.281 e. The zero-order valence-corrected chi connectivity index (χ0v) is 14.1. The van der Waals surface area contributed by atoms with E-state index in [0.29, 0.717) is 11.5 Å². The number of nitrogens with zero attached hydrogens (tertiary/aromatic N) is 2. The smallest absolute Gasteiger partial charge is 0.281 e. The molecule has 132 valence electrons. The second kappa shape index (κ2) is 7.28. The molecule has 1 aromatic carbocycles. The molecular weight excluding hydrogens is 360 g/mol. The minimum absolute atomic E-state index is 0.0341. The van der Waals surface area contributed by atoms with E-state index >= 15 is 0 Å². The molecule has 0 atom stereocenters. The average molecular weight is 370 g/mol. The second-order valence-electron chi connectivity index (χ2n) is 5.02. The molecule has 2 aromatic heterocycles. The number of hydrogen-bond donors (Lipinski definition) is 0. The van der Waals surface area contributed by atoms with Gasteiger partial charge in [-0.2, -0.15) is 0 Å². The Kier molecular flexibility index (Phi) is 4.90. The van der Waals surface area contributed by atoms with Crippen molar-refractivity contribution in [3.05, 3.63) is 58.5 Å². The Balaban J connectivity index is 1.92. The number of furan rings is 1. The third kappa shape index (κ3) is 3.83. The van der Waals surface area contributed by atoms with Gasteiger partial charge in [0.05, 0.1) is 11.9 Å². The van der Waals surface area contributed by atoms with Crippen LogP contribution in [0.1, 0.15) is 22.0 Å². The summed E-state index contributed by atoms with van der Waals surface area (Å²) in [6, 6.07) is 9.21. The Bertz CT molecular complexity index is 1000. The van der Waals surface area contributed by atoms with E-state index in [1.807, 2.05) is 0 Å². The molecule has 0 spiro atoms. The minimum atomic E-state index is -1.45. The number of aryl methyl sites for hydroxylation is 1. The van der Waals surface area contributed by atoms with Crippen molar-refractivity contribution in [3.8, 4) is 11.3 Å². The van der Waals surface area contributed by atoms with E-state index in [-0.39, 0.29) is 27.2 Å². The Morgan fingerprint density at radius 3 is 2.50 bits per heavy atom. The molecule has 3 aromatic rings. The van der Waals surface area contributed by atoms with Crippen molar-refractivity contribution in [3.63, 3.8) is 0 Å². The molecule has 0 unspecified atom stereocenters. The summed E-state index contributed by atoms with van der Waals surface area (Å²) >= 11 is 0.720.